The van der Waals surface area contributed by atoms with E-state index in [-0.39, 0.29) is 22.6 Å². The molecule has 0 atom stereocenters. The fourth-order valence-corrected chi connectivity index (χ4v) is 3.88. The topological polar surface area (TPSA) is 120 Å². The summed E-state index contributed by atoms with van der Waals surface area (Å²) in [7, 11) is 0. The highest BCUT2D eigenvalue weighted by molar-refractivity contribution is 5.94. The number of carbonyl (C=O) groups is 1. The molecule has 3 aromatic carbocycles. The van der Waals surface area contributed by atoms with Gasteiger partial charge in [-0.25, -0.2) is 9.48 Å². The van der Waals surface area contributed by atoms with Crippen molar-refractivity contribution >= 4 is 17.3 Å². The van der Waals surface area contributed by atoms with Gasteiger partial charge >= 0.3 is 5.97 Å². The fraction of sp³-hybridized carbons (Fsp3) is 0.214. The normalized spacial score (nSPS) is 11.8. The van der Waals surface area contributed by atoms with Gasteiger partial charge in [0.25, 0.3) is 5.56 Å². The Morgan fingerprint density at radius 2 is 1.67 bits per heavy atom. The predicted molar refractivity (Wildman–Crippen MR) is 139 cm³/mol. The van der Waals surface area contributed by atoms with Gasteiger partial charge in [0.15, 0.2) is 5.69 Å². The van der Waals surface area contributed by atoms with Crippen LogP contribution in [-0.4, -0.2) is 26.0 Å². The summed E-state index contributed by atoms with van der Waals surface area (Å²) in [6.45, 7) is 9.97. The van der Waals surface area contributed by atoms with E-state index < -0.39 is 11.4 Å². The second-order valence-electron chi connectivity index (χ2n) is 9.75. The number of azo groups is 1. The number of phenols is 1. The average Bonchev–Trinajstić information content (AvgIpc) is 3.16. The van der Waals surface area contributed by atoms with Crippen molar-refractivity contribution in [2.45, 2.75) is 40.0 Å². The molecular formula is C28H28N4O4. The Hall–Kier alpha value is -4.46. The van der Waals surface area contributed by atoms with Gasteiger partial charge in [-0.2, -0.15) is 5.11 Å². The third-order valence-corrected chi connectivity index (χ3v) is 6.05. The molecule has 184 valence electrons. The monoisotopic (exact) mass is 484 g/mol. The van der Waals surface area contributed by atoms with Crippen LogP contribution in [0.3, 0.4) is 0 Å². The summed E-state index contributed by atoms with van der Waals surface area (Å²) in [6.07, 6.45) is 0. The molecule has 3 N–H and O–H groups in total. The van der Waals surface area contributed by atoms with Gasteiger partial charge in [0, 0.05) is 11.0 Å². The molecule has 8 nitrogen and oxygen atoms in total. The summed E-state index contributed by atoms with van der Waals surface area (Å²) in [5.74, 6) is -1.54. The number of para-hydroxylation sites is 1. The van der Waals surface area contributed by atoms with E-state index in [1.165, 1.54) is 10.7 Å². The third-order valence-electron chi connectivity index (χ3n) is 6.05. The number of H-pyrrole nitrogens is 1. The molecule has 0 aliphatic heterocycles. The molecule has 0 fully saturated rings. The van der Waals surface area contributed by atoms with Crippen LogP contribution in [0, 0.1) is 13.8 Å². The molecule has 0 unspecified atom stereocenters. The third kappa shape index (κ3) is 4.70. The molecule has 0 aliphatic rings. The minimum Gasteiger partial charge on any atom is -0.506 e. The van der Waals surface area contributed by atoms with Gasteiger partial charge in [0.05, 0.1) is 17.1 Å². The number of carboxylic acid groups (broad SMARTS) is 1. The lowest BCUT2D eigenvalue weighted by atomic mass is 9.91. The number of nitrogens with one attached hydrogen (secondary N) is 1. The number of aryl methyl sites for hydroxylation is 2. The first kappa shape index (κ1) is 24.7. The number of carboxylic acids is 1. The summed E-state index contributed by atoms with van der Waals surface area (Å²) >= 11 is 0. The van der Waals surface area contributed by atoms with Crippen LogP contribution < -0.4 is 5.56 Å². The van der Waals surface area contributed by atoms with E-state index in [9.17, 15) is 19.8 Å². The zero-order valence-corrected chi connectivity index (χ0v) is 20.8. The van der Waals surface area contributed by atoms with Gasteiger partial charge in [0.2, 0.25) is 0 Å². The van der Waals surface area contributed by atoms with Crippen molar-refractivity contribution in [3.8, 4) is 22.6 Å². The first-order valence-corrected chi connectivity index (χ1v) is 11.5. The molecule has 0 aliphatic carbocycles. The summed E-state index contributed by atoms with van der Waals surface area (Å²) in [4.78, 5) is 24.8. The van der Waals surface area contributed by atoms with Crippen LogP contribution in [0.1, 0.15) is 48.0 Å². The van der Waals surface area contributed by atoms with Crippen LogP contribution >= 0.6 is 0 Å². The zero-order chi connectivity index (χ0) is 26.2. The highest BCUT2D eigenvalue weighted by Crippen LogP contribution is 2.35. The molecule has 4 aromatic rings. The highest BCUT2D eigenvalue weighted by Gasteiger charge is 2.25. The van der Waals surface area contributed by atoms with Crippen LogP contribution in [0.4, 0.5) is 11.4 Å². The summed E-state index contributed by atoms with van der Waals surface area (Å²) in [5.41, 5.74) is 4.27. The number of aromatic amines is 1. The average molecular weight is 485 g/mol. The van der Waals surface area contributed by atoms with Crippen LogP contribution in [-0.2, 0) is 5.41 Å². The number of rotatable bonds is 5. The van der Waals surface area contributed by atoms with Gasteiger partial charge in [-0.3, -0.25) is 9.89 Å². The second-order valence-corrected chi connectivity index (χ2v) is 9.75. The summed E-state index contributed by atoms with van der Waals surface area (Å²) < 4.78 is 1.48. The van der Waals surface area contributed by atoms with Crippen LogP contribution in [0.2, 0.25) is 0 Å². The molecule has 0 bridgehead atoms. The molecule has 36 heavy (non-hydrogen) atoms. The first-order valence-electron chi connectivity index (χ1n) is 11.5. The van der Waals surface area contributed by atoms with Crippen molar-refractivity contribution in [3.63, 3.8) is 0 Å². The van der Waals surface area contributed by atoms with Crippen molar-refractivity contribution in [1.82, 2.24) is 9.78 Å². The number of nitrogens with zero attached hydrogens (tertiary/aromatic N) is 3. The van der Waals surface area contributed by atoms with Crippen LogP contribution in [0.15, 0.2) is 75.7 Å². The number of aromatic carboxylic acids is 1. The Morgan fingerprint density at radius 1 is 0.944 bits per heavy atom. The lowest BCUT2D eigenvalue weighted by Gasteiger charge is -2.16. The largest absolute Gasteiger partial charge is 0.506 e. The number of aromatic hydroxyl groups is 1. The first-order chi connectivity index (χ1) is 17.0. The SMILES string of the molecule is Cc1ccc(-n2[nH]c(C(C)(C)C)c(N=Nc3cccc(-c4cccc(C(=O)O)c4O)c3)c2=O)cc1C. The Morgan fingerprint density at radius 3 is 2.33 bits per heavy atom. The Balaban J connectivity index is 1.77. The number of hydrogen-bond donors (Lipinski definition) is 3. The van der Waals surface area contributed by atoms with E-state index in [0.29, 0.717) is 28.2 Å². The zero-order valence-electron chi connectivity index (χ0n) is 20.8. The van der Waals surface area contributed by atoms with Gasteiger partial charge < -0.3 is 10.2 Å². The number of hydrogen-bond acceptors (Lipinski definition) is 5. The van der Waals surface area contributed by atoms with E-state index in [0.717, 1.165) is 11.1 Å². The smallest absolute Gasteiger partial charge is 0.339 e. The maximum absolute atomic E-state index is 13.4. The summed E-state index contributed by atoms with van der Waals surface area (Å²) in [6, 6.07) is 17.2. The Labute approximate surface area is 208 Å². The van der Waals surface area contributed by atoms with E-state index in [1.54, 1.807) is 36.4 Å². The molecule has 0 saturated carbocycles. The minimum atomic E-state index is -1.22. The molecule has 0 radical (unpaired) electrons. The standard InChI is InChI=1S/C28H28N4O4/c1-16-12-13-20(14-17(16)2)32-26(34)23(25(31-32)28(3,4)5)30-29-19-9-6-8-18(15-19)21-10-7-11-22(24(21)33)27(35)36/h6-15,31,33H,1-5H3,(H,35,36). The van der Waals surface area contributed by atoms with Crippen molar-refractivity contribution in [3.05, 3.63) is 93.4 Å². The van der Waals surface area contributed by atoms with Gasteiger partial charge in [-0.15, -0.1) is 5.11 Å². The molecular weight excluding hydrogens is 456 g/mol. The molecule has 0 saturated heterocycles. The fourth-order valence-electron chi connectivity index (χ4n) is 3.88. The Bertz CT molecular complexity index is 1550. The second kappa shape index (κ2) is 9.30. The maximum atomic E-state index is 13.4. The van der Waals surface area contributed by atoms with Crippen molar-refractivity contribution in [2.75, 3.05) is 0 Å². The minimum absolute atomic E-state index is 0.187. The van der Waals surface area contributed by atoms with Crippen molar-refractivity contribution in [1.29, 1.82) is 0 Å². The predicted octanol–water partition coefficient (Wildman–Crippen LogP) is 6.57. The lowest BCUT2D eigenvalue weighted by Crippen LogP contribution is -2.14. The highest BCUT2D eigenvalue weighted by atomic mass is 16.4. The Kier molecular flexibility index (Phi) is 6.37. The van der Waals surface area contributed by atoms with Gasteiger partial charge in [0.1, 0.15) is 11.3 Å². The number of benzene rings is 3. The van der Waals surface area contributed by atoms with Gasteiger partial charge in [-0.05, 0) is 60.9 Å². The molecule has 0 spiro atoms. The van der Waals surface area contributed by atoms with Crippen LogP contribution in [0.25, 0.3) is 16.8 Å². The van der Waals surface area contributed by atoms with Gasteiger partial charge in [-0.1, -0.05) is 51.1 Å². The quantitative estimate of drug-likeness (QED) is 0.278. The van der Waals surface area contributed by atoms with Crippen LogP contribution in [0.5, 0.6) is 5.75 Å². The molecule has 1 heterocycles. The van der Waals surface area contributed by atoms with Crippen molar-refractivity contribution in [2.24, 2.45) is 10.2 Å². The summed E-state index contributed by atoms with van der Waals surface area (Å²) in [5, 5.41) is 31.6. The molecule has 1 aromatic heterocycles. The molecule has 0 amide bonds. The molecule has 4 rings (SSSR count). The van der Waals surface area contributed by atoms with E-state index in [2.05, 4.69) is 15.3 Å². The van der Waals surface area contributed by atoms with Crippen molar-refractivity contribution < 1.29 is 15.0 Å². The molecule has 8 heteroatoms. The lowest BCUT2D eigenvalue weighted by molar-refractivity contribution is 0.0694. The number of aromatic nitrogens is 2. The van der Waals surface area contributed by atoms with E-state index in [4.69, 9.17) is 0 Å². The van der Waals surface area contributed by atoms with E-state index in [1.807, 2.05) is 52.8 Å². The van der Waals surface area contributed by atoms with E-state index >= 15 is 0 Å². The maximum Gasteiger partial charge on any atom is 0.339 e.